The SMILES string of the molecule is C=C(C(N)=O)C(CC1CO1)CC1CO1. The van der Waals surface area contributed by atoms with E-state index in [1.165, 1.54) is 0 Å². The Morgan fingerprint density at radius 2 is 1.79 bits per heavy atom. The standard InChI is InChI=1S/C10H15NO3/c1-6(10(11)12)7(2-8-4-13-8)3-9-5-14-9/h7-9H,1-5H2,(H2,11,12). The minimum Gasteiger partial charge on any atom is -0.373 e. The van der Waals surface area contributed by atoms with Crippen LogP contribution >= 0.6 is 0 Å². The molecule has 2 aliphatic rings. The number of hydrogen-bond donors (Lipinski definition) is 1. The van der Waals surface area contributed by atoms with Gasteiger partial charge in [-0.1, -0.05) is 6.58 Å². The number of ether oxygens (including phenoxy) is 2. The Hall–Kier alpha value is -0.870. The van der Waals surface area contributed by atoms with E-state index in [-0.39, 0.29) is 5.92 Å². The monoisotopic (exact) mass is 197 g/mol. The Kier molecular flexibility index (Phi) is 2.56. The van der Waals surface area contributed by atoms with E-state index in [0.29, 0.717) is 17.8 Å². The van der Waals surface area contributed by atoms with Crippen LogP contribution in [-0.2, 0) is 14.3 Å². The predicted octanol–water partition coefficient (Wildman–Crippen LogP) is 0.222. The van der Waals surface area contributed by atoms with Crippen LogP contribution in [0.2, 0.25) is 0 Å². The molecule has 2 saturated heterocycles. The lowest BCUT2D eigenvalue weighted by molar-refractivity contribution is -0.115. The van der Waals surface area contributed by atoms with Crippen LogP contribution in [0.15, 0.2) is 12.2 Å². The van der Waals surface area contributed by atoms with Crippen LogP contribution < -0.4 is 5.73 Å². The van der Waals surface area contributed by atoms with Crippen LogP contribution in [-0.4, -0.2) is 31.3 Å². The number of epoxide rings is 2. The van der Waals surface area contributed by atoms with E-state index < -0.39 is 5.91 Å². The van der Waals surface area contributed by atoms with Crippen LogP contribution in [0.4, 0.5) is 0 Å². The molecule has 2 heterocycles. The van der Waals surface area contributed by atoms with Crippen molar-refractivity contribution in [3.63, 3.8) is 0 Å². The van der Waals surface area contributed by atoms with Gasteiger partial charge in [0.05, 0.1) is 25.4 Å². The molecule has 0 bridgehead atoms. The van der Waals surface area contributed by atoms with Crippen molar-refractivity contribution in [1.29, 1.82) is 0 Å². The molecule has 2 N–H and O–H groups in total. The minimum atomic E-state index is -0.406. The largest absolute Gasteiger partial charge is 0.373 e. The molecule has 2 unspecified atom stereocenters. The Morgan fingerprint density at radius 1 is 1.36 bits per heavy atom. The average molecular weight is 197 g/mol. The molecule has 4 nitrogen and oxygen atoms in total. The highest BCUT2D eigenvalue weighted by Crippen LogP contribution is 2.31. The Morgan fingerprint density at radius 3 is 2.07 bits per heavy atom. The highest BCUT2D eigenvalue weighted by Gasteiger charge is 2.34. The van der Waals surface area contributed by atoms with E-state index in [0.717, 1.165) is 26.1 Å². The van der Waals surface area contributed by atoms with Gasteiger partial charge >= 0.3 is 0 Å². The van der Waals surface area contributed by atoms with Crippen LogP contribution in [0.5, 0.6) is 0 Å². The molecule has 2 rings (SSSR count). The lowest BCUT2D eigenvalue weighted by Crippen LogP contribution is -2.22. The molecule has 0 aliphatic carbocycles. The maximum atomic E-state index is 11.0. The molecule has 0 radical (unpaired) electrons. The fourth-order valence-electron chi connectivity index (χ4n) is 1.62. The molecule has 4 heteroatoms. The number of nitrogens with two attached hydrogens (primary N) is 1. The zero-order chi connectivity index (χ0) is 10.1. The molecule has 78 valence electrons. The summed E-state index contributed by atoms with van der Waals surface area (Å²) in [5.74, 6) is -0.274. The third-order valence-corrected chi connectivity index (χ3v) is 2.71. The number of carbonyl (C=O) groups is 1. The Balaban J connectivity index is 1.88. The molecule has 0 aromatic heterocycles. The third kappa shape index (κ3) is 2.56. The normalized spacial score (nSPS) is 30.9. The van der Waals surface area contributed by atoms with E-state index in [4.69, 9.17) is 15.2 Å². The summed E-state index contributed by atoms with van der Waals surface area (Å²) in [6.07, 6.45) is 2.30. The second-order valence-corrected chi connectivity index (χ2v) is 3.97. The van der Waals surface area contributed by atoms with E-state index >= 15 is 0 Å². The van der Waals surface area contributed by atoms with Gasteiger partial charge in [0.1, 0.15) is 0 Å². The van der Waals surface area contributed by atoms with Gasteiger partial charge in [-0.25, -0.2) is 0 Å². The molecular weight excluding hydrogens is 182 g/mol. The molecule has 2 aliphatic heterocycles. The third-order valence-electron chi connectivity index (χ3n) is 2.71. The fourth-order valence-corrected chi connectivity index (χ4v) is 1.62. The molecule has 2 fully saturated rings. The number of carbonyl (C=O) groups excluding carboxylic acids is 1. The van der Waals surface area contributed by atoms with Gasteiger partial charge in [0.2, 0.25) is 5.91 Å². The maximum absolute atomic E-state index is 11.0. The minimum absolute atomic E-state index is 0.132. The zero-order valence-corrected chi connectivity index (χ0v) is 8.07. The summed E-state index contributed by atoms with van der Waals surface area (Å²) in [5.41, 5.74) is 5.72. The first-order chi connectivity index (χ1) is 6.66. The van der Waals surface area contributed by atoms with Crippen molar-refractivity contribution in [2.75, 3.05) is 13.2 Å². The van der Waals surface area contributed by atoms with Gasteiger partial charge in [-0.2, -0.15) is 0 Å². The highest BCUT2D eigenvalue weighted by atomic mass is 16.6. The summed E-state index contributed by atoms with van der Waals surface area (Å²) in [4.78, 5) is 11.0. The lowest BCUT2D eigenvalue weighted by Gasteiger charge is -2.14. The van der Waals surface area contributed by atoms with Gasteiger partial charge in [0, 0.05) is 5.57 Å². The molecular formula is C10H15NO3. The zero-order valence-electron chi connectivity index (χ0n) is 8.07. The number of primary amides is 1. The first kappa shape index (κ1) is 9.68. The van der Waals surface area contributed by atoms with Crippen molar-refractivity contribution in [1.82, 2.24) is 0 Å². The second-order valence-electron chi connectivity index (χ2n) is 3.97. The van der Waals surface area contributed by atoms with Gasteiger partial charge in [-0.3, -0.25) is 4.79 Å². The van der Waals surface area contributed by atoms with E-state index in [9.17, 15) is 4.79 Å². The summed E-state index contributed by atoms with van der Waals surface area (Å²) in [6.45, 7) is 5.33. The molecule has 0 spiro atoms. The van der Waals surface area contributed by atoms with Crippen molar-refractivity contribution in [3.05, 3.63) is 12.2 Å². The van der Waals surface area contributed by atoms with Crippen molar-refractivity contribution in [2.24, 2.45) is 11.7 Å². The first-order valence-electron chi connectivity index (χ1n) is 4.88. The maximum Gasteiger partial charge on any atom is 0.244 e. The highest BCUT2D eigenvalue weighted by molar-refractivity contribution is 5.91. The summed E-state index contributed by atoms with van der Waals surface area (Å²) in [7, 11) is 0. The van der Waals surface area contributed by atoms with Crippen molar-refractivity contribution in [2.45, 2.75) is 25.0 Å². The molecule has 2 atom stereocenters. The molecule has 0 saturated carbocycles. The summed E-state index contributed by atoms with van der Waals surface area (Å²) >= 11 is 0. The van der Waals surface area contributed by atoms with Gasteiger partial charge in [0.25, 0.3) is 0 Å². The van der Waals surface area contributed by atoms with E-state index in [1.807, 2.05) is 0 Å². The summed E-state index contributed by atoms with van der Waals surface area (Å²) in [6, 6.07) is 0. The van der Waals surface area contributed by atoms with Crippen LogP contribution in [0.1, 0.15) is 12.8 Å². The van der Waals surface area contributed by atoms with Crippen LogP contribution in [0, 0.1) is 5.92 Å². The Bertz CT molecular complexity index is 242. The quantitative estimate of drug-likeness (QED) is 0.489. The second kappa shape index (κ2) is 3.71. The predicted molar refractivity (Wildman–Crippen MR) is 50.5 cm³/mol. The van der Waals surface area contributed by atoms with Crippen LogP contribution in [0.3, 0.4) is 0 Å². The number of rotatable bonds is 6. The Labute approximate surface area is 83.1 Å². The smallest absolute Gasteiger partial charge is 0.244 e. The number of hydrogen-bond acceptors (Lipinski definition) is 3. The summed E-state index contributed by atoms with van der Waals surface area (Å²) in [5, 5.41) is 0. The van der Waals surface area contributed by atoms with Crippen LogP contribution in [0.25, 0.3) is 0 Å². The molecule has 0 aromatic rings. The van der Waals surface area contributed by atoms with Gasteiger partial charge < -0.3 is 15.2 Å². The number of amides is 1. The molecule has 14 heavy (non-hydrogen) atoms. The van der Waals surface area contributed by atoms with Gasteiger partial charge in [-0.15, -0.1) is 0 Å². The van der Waals surface area contributed by atoms with E-state index in [2.05, 4.69) is 6.58 Å². The lowest BCUT2D eigenvalue weighted by atomic mass is 9.90. The van der Waals surface area contributed by atoms with Gasteiger partial charge in [-0.05, 0) is 18.8 Å². The van der Waals surface area contributed by atoms with Crippen molar-refractivity contribution >= 4 is 5.91 Å². The van der Waals surface area contributed by atoms with Crippen molar-refractivity contribution < 1.29 is 14.3 Å². The summed E-state index contributed by atoms with van der Waals surface area (Å²) < 4.78 is 10.3. The topological polar surface area (TPSA) is 68.2 Å². The average Bonchev–Trinajstić information content (AvgIpc) is 2.94. The van der Waals surface area contributed by atoms with Gasteiger partial charge in [0.15, 0.2) is 0 Å². The molecule has 0 aromatic carbocycles. The molecule has 1 amide bonds. The fraction of sp³-hybridized carbons (Fsp3) is 0.700. The first-order valence-corrected chi connectivity index (χ1v) is 4.88. The van der Waals surface area contributed by atoms with Crippen molar-refractivity contribution in [3.8, 4) is 0 Å². The van der Waals surface area contributed by atoms with E-state index in [1.54, 1.807) is 0 Å².